The molecule has 1 saturated heterocycles. The Bertz CT molecular complexity index is 535. The van der Waals surface area contributed by atoms with Gasteiger partial charge in [0.2, 0.25) is 5.95 Å². The Labute approximate surface area is 126 Å². The van der Waals surface area contributed by atoms with Crippen LogP contribution in [0, 0.1) is 0 Å². The van der Waals surface area contributed by atoms with Crippen LogP contribution in [0.15, 0.2) is 48.8 Å². The molecule has 1 aromatic carbocycles. The zero-order chi connectivity index (χ0) is 14.5. The topological polar surface area (TPSA) is 41.0 Å². The number of piperidine rings is 1. The van der Waals surface area contributed by atoms with E-state index in [0.29, 0.717) is 12.1 Å². The van der Waals surface area contributed by atoms with E-state index in [4.69, 9.17) is 0 Å². The third-order valence-electron chi connectivity index (χ3n) is 4.26. The van der Waals surface area contributed by atoms with E-state index in [2.05, 4.69) is 57.4 Å². The van der Waals surface area contributed by atoms with Crippen LogP contribution in [0.1, 0.15) is 31.4 Å². The van der Waals surface area contributed by atoms with Gasteiger partial charge in [0.25, 0.3) is 0 Å². The molecule has 0 saturated carbocycles. The van der Waals surface area contributed by atoms with E-state index in [0.717, 1.165) is 31.9 Å². The number of nitrogens with one attached hydrogen (secondary N) is 1. The van der Waals surface area contributed by atoms with Gasteiger partial charge in [-0.05, 0) is 31.4 Å². The van der Waals surface area contributed by atoms with Crippen molar-refractivity contribution in [3.05, 3.63) is 54.4 Å². The molecule has 2 aromatic rings. The number of nitrogens with zero attached hydrogens (tertiary/aromatic N) is 3. The van der Waals surface area contributed by atoms with Gasteiger partial charge >= 0.3 is 0 Å². The number of hydrogen-bond donors (Lipinski definition) is 1. The number of likely N-dealkylation sites (tertiary alicyclic amines) is 1. The van der Waals surface area contributed by atoms with Gasteiger partial charge in [-0.3, -0.25) is 4.90 Å². The van der Waals surface area contributed by atoms with E-state index < -0.39 is 0 Å². The zero-order valence-electron chi connectivity index (χ0n) is 12.4. The maximum atomic E-state index is 4.24. The first kappa shape index (κ1) is 14.0. The van der Waals surface area contributed by atoms with E-state index in [1.807, 2.05) is 6.07 Å². The largest absolute Gasteiger partial charge is 0.351 e. The summed E-state index contributed by atoms with van der Waals surface area (Å²) in [7, 11) is 0. The van der Waals surface area contributed by atoms with Crippen molar-refractivity contribution in [1.29, 1.82) is 0 Å². The number of rotatable bonds is 4. The molecule has 110 valence electrons. The number of anilines is 1. The molecule has 1 atom stereocenters. The van der Waals surface area contributed by atoms with Crippen LogP contribution in [0.5, 0.6) is 0 Å². The van der Waals surface area contributed by atoms with Crippen LogP contribution in [0.25, 0.3) is 0 Å². The first-order chi connectivity index (χ1) is 10.3. The van der Waals surface area contributed by atoms with Crippen LogP contribution >= 0.6 is 0 Å². The summed E-state index contributed by atoms with van der Waals surface area (Å²) in [6.07, 6.45) is 5.83. The number of hydrogen-bond acceptors (Lipinski definition) is 4. The minimum absolute atomic E-state index is 0.478. The zero-order valence-corrected chi connectivity index (χ0v) is 12.4. The van der Waals surface area contributed by atoms with Crippen LogP contribution < -0.4 is 5.32 Å². The van der Waals surface area contributed by atoms with Crippen LogP contribution in [0.3, 0.4) is 0 Å². The third kappa shape index (κ3) is 3.58. The fraction of sp³-hybridized carbons (Fsp3) is 0.412. The van der Waals surface area contributed by atoms with Crippen LogP contribution in [-0.4, -0.2) is 34.0 Å². The summed E-state index contributed by atoms with van der Waals surface area (Å²) in [6, 6.07) is 13.5. The molecule has 0 amide bonds. The van der Waals surface area contributed by atoms with Crippen LogP contribution in [0.4, 0.5) is 5.95 Å². The molecule has 4 heteroatoms. The van der Waals surface area contributed by atoms with E-state index in [1.54, 1.807) is 12.4 Å². The fourth-order valence-corrected chi connectivity index (χ4v) is 2.93. The molecule has 1 aliphatic rings. The molecule has 0 radical (unpaired) electrons. The highest BCUT2D eigenvalue weighted by Crippen LogP contribution is 2.24. The number of aromatic nitrogens is 2. The van der Waals surface area contributed by atoms with E-state index >= 15 is 0 Å². The van der Waals surface area contributed by atoms with Crippen molar-refractivity contribution in [2.45, 2.75) is 31.8 Å². The fourth-order valence-electron chi connectivity index (χ4n) is 2.93. The highest BCUT2D eigenvalue weighted by Gasteiger charge is 2.23. The summed E-state index contributed by atoms with van der Waals surface area (Å²) >= 11 is 0. The molecular weight excluding hydrogens is 260 g/mol. The summed E-state index contributed by atoms with van der Waals surface area (Å²) in [6.45, 7) is 4.52. The average molecular weight is 282 g/mol. The molecule has 2 heterocycles. The van der Waals surface area contributed by atoms with Gasteiger partial charge in [0.05, 0.1) is 0 Å². The lowest BCUT2D eigenvalue weighted by Gasteiger charge is -2.36. The minimum Gasteiger partial charge on any atom is -0.351 e. The Morgan fingerprint density at radius 3 is 2.38 bits per heavy atom. The summed E-state index contributed by atoms with van der Waals surface area (Å²) in [5.41, 5.74) is 1.40. The predicted octanol–water partition coefficient (Wildman–Crippen LogP) is 3.11. The average Bonchev–Trinajstić information content (AvgIpc) is 2.57. The molecule has 21 heavy (non-hydrogen) atoms. The molecule has 0 spiro atoms. The molecule has 1 aliphatic heterocycles. The van der Waals surface area contributed by atoms with Crippen molar-refractivity contribution in [1.82, 2.24) is 14.9 Å². The summed E-state index contributed by atoms with van der Waals surface area (Å²) in [5, 5.41) is 3.43. The molecule has 3 rings (SSSR count). The van der Waals surface area contributed by atoms with Crippen LogP contribution in [0.2, 0.25) is 0 Å². The molecule has 1 unspecified atom stereocenters. The van der Waals surface area contributed by atoms with Crippen molar-refractivity contribution in [2.24, 2.45) is 0 Å². The normalized spacial score (nSPS) is 18.3. The van der Waals surface area contributed by atoms with Gasteiger partial charge in [-0.25, -0.2) is 9.97 Å². The lowest BCUT2D eigenvalue weighted by molar-refractivity contribution is 0.167. The number of benzene rings is 1. The second kappa shape index (κ2) is 6.68. The summed E-state index contributed by atoms with van der Waals surface area (Å²) in [4.78, 5) is 11.0. The van der Waals surface area contributed by atoms with Crippen molar-refractivity contribution in [3.63, 3.8) is 0 Å². The van der Waals surface area contributed by atoms with Crippen molar-refractivity contribution in [3.8, 4) is 0 Å². The van der Waals surface area contributed by atoms with Gasteiger partial charge in [-0.2, -0.15) is 0 Å². The smallest absolute Gasteiger partial charge is 0.222 e. The van der Waals surface area contributed by atoms with E-state index in [1.165, 1.54) is 5.56 Å². The minimum atomic E-state index is 0.478. The second-order valence-electron chi connectivity index (χ2n) is 5.61. The highest BCUT2D eigenvalue weighted by atomic mass is 15.2. The van der Waals surface area contributed by atoms with Crippen molar-refractivity contribution < 1.29 is 0 Å². The molecule has 4 nitrogen and oxygen atoms in total. The molecular formula is C17H22N4. The SMILES string of the molecule is CC(c1ccccc1)N1CCC(Nc2ncccn2)CC1. The van der Waals surface area contributed by atoms with Gasteiger partial charge < -0.3 is 5.32 Å². The van der Waals surface area contributed by atoms with Gasteiger partial charge in [0, 0.05) is 37.6 Å². The Morgan fingerprint density at radius 2 is 1.71 bits per heavy atom. The van der Waals surface area contributed by atoms with E-state index in [-0.39, 0.29) is 0 Å². The Balaban J connectivity index is 1.53. The Morgan fingerprint density at radius 1 is 1.05 bits per heavy atom. The maximum absolute atomic E-state index is 4.24. The van der Waals surface area contributed by atoms with Gasteiger partial charge in [0.1, 0.15) is 0 Å². The highest BCUT2D eigenvalue weighted by molar-refractivity contribution is 5.24. The molecule has 0 bridgehead atoms. The molecule has 1 N–H and O–H groups in total. The standard InChI is InChI=1S/C17H22N4/c1-14(15-6-3-2-4-7-15)21-12-8-16(9-13-21)20-17-18-10-5-11-19-17/h2-7,10-11,14,16H,8-9,12-13H2,1H3,(H,18,19,20). The van der Waals surface area contributed by atoms with Crippen LogP contribution in [-0.2, 0) is 0 Å². The Kier molecular flexibility index (Phi) is 4.46. The van der Waals surface area contributed by atoms with E-state index in [9.17, 15) is 0 Å². The lowest BCUT2D eigenvalue weighted by Crippen LogP contribution is -2.40. The van der Waals surface area contributed by atoms with Crippen molar-refractivity contribution >= 4 is 5.95 Å². The lowest BCUT2D eigenvalue weighted by atomic mass is 10.0. The predicted molar refractivity (Wildman–Crippen MR) is 85.1 cm³/mol. The van der Waals surface area contributed by atoms with Gasteiger partial charge in [-0.1, -0.05) is 30.3 Å². The maximum Gasteiger partial charge on any atom is 0.222 e. The molecule has 1 aromatic heterocycles. The quantitative estimate of drug-likeness (QED) is 0.935. The second-order valence-corrected chi connectivity index (χ2v) is 5.61. The molecule has 1 fully saturated rings. The summed E-state index contributed by atoms with van der Waals surface area (Å²) < 4.78 is 0. The molecule has 0 aliphatic carbocycles. The third-order valence-corrected chi connectivity index (χ3v) is 4.26. The van der Waals surface area contributed by atoms with Gasteiger partial charge in [-0.15, -0.1) is 0 Å². The first-order valence-electron chi connectivity index (χ1n) is 7.65. The summed E-state index contributed by atoms with van der Waals surface area (Å²) in [5.74, 6) is 0.743. The Hall–Kier alpha value is -1.94. The monoisotopic (exact) mass is 282 g/mol. The van der Waals surface area contributed by atoms with Crippen molar-refractivity contribution in [2.75, 3.05) is 18.4 Å². The van der Waals surface area contributed by atoms with Gasteiger partial charge in [0.15, 0.2) is 0 Å². The first-order valence-corrected chi connectivity index (χ1v) is 7.65.